The molecule has 1 unspecified atom stereocenters. The molecule has 0 fully saturated rings. The van der Waals surface area contributed by atoms with E-state index in [0.717, 1.165) is 22.7 Å². The topological polar surface area (TPSA) is 8.17 Å². The van der Waals surface area contributed by atoms with E-state index >= 15 is 0 Å². The Hall–Kier alpha value is -7.42. The van der Waals surface area contributed by atoms with Gasteiger partial charge in [-0.15, -0.1) is 0 Å². The molecule has 0 radical (unpaired) electrons. The van der Waals surface area contributed by atoms with E-state index in [0.29, 0.717) is 0 Å². The molecule has 0 saturated heterocycles. The Balaban J connectivity index is 1.04. The summed E-state index contributed by atoms with van der Waals surface area (Å²) in [6, 6.07) is 71.0. The fourth-order valence-electron chi connectivity index (χ4n) is 10.1. The lowest BCUT2D eigenvalue weighted by Gasteiger charge is -2.32. The van der Waals surface area contributed by atoms with Gasteiger partial charge in [0, 0.05) is 33.4 Å². The first-order chi connectivity index (χ1) is 28.7. The first-order valence-corrected chi connectivity index (χ1v) is 20.1. The zero-order chi connectivity index (χ0) is 38.8. The molecule has 2 aliphatic rings. The summed E-state index contributed by atoms with van der Waals surface area (Å²) in [5.41, 5.74) is 19.2. The molecule has 1 atom stereocenters. The Kier molecular flexibility index (Phi) is 7.80. The van der Waals surface area contributed by atoms with E-state index in [2.05, 4.69) is 229 Å². The standard InChI is InChI=1S/C56H40N2/c1-3-17-43-44-20-8-12-24-49(44)56(48(43)4-2)50-25-13-9-23-47(50)55-51(56)26-16-29-54(55)57(40-18-6-5-7-19-40)41-34-30-38(31-35-41)39-32-36-42(37-33-39)58-52-27-14-10-21-45(52)46-22-11-15-28-53(46)58/h3-37H,1H2,2H3/b43-17-,48-4+. The van der Waals surface area contributed by atoms with Gasteiger partial charge in [0.25, 0.3) is 0 Å². The number of allylic oxidation sites excluding steroid dienone is 5. The number of nitrogens with zero attached hydrogens (tertiary/aromatic N) is 2. The average Bonchev–Trinajstić information content (AvgIpc) is 3.89. The van der Waals surface area contributed by atoms with Crippen molar-refractivity contribution >= 4 is 44.4 Å². The lowest BCUT2D eigenvalue weighted by molar-refractivity contribution is 0.793. The molecule has 0 saturated carbocycles. The third kappa shape index (κ3) is 4.79. The van der Waals surface area contributed by atoms with E-state index in [9.17, 15) is 0 Å². The van der Waals surface area contributed by atoms with Crippen molar-refractivity contribution in [1.29, 1.82) is 0 Å². The van der Waals surface area contributed by atoms with E-state index in [1.165, 1.54) is 77.5 Å². The zero-order valence-electron chi connectivity index (χ0n) is 32.3. The average molecular weight is 741 g/mol. The van der Waals surface area contributed by atoms with Crippen LogP contribution in [-0.4, -0.2) is 4.57 Å². The molecule has 274 valence electrons. The number of anilines is 3. The quantitative estimate of drug-likeness (QED) is 0.165. The van der Waals surface area contributed by atoms with Gasteiger partial charge >= 0.3 is 0 Å². The maximum Gasteiger partial charge on any atom is 0.0723 e. The van der Waals surface area contributed by atoms with E-state index in [-0.39, 0.29) is 0 Å². The van der Waals surface area contributed by atoms with Crippen LogP contribution in [0.2, 0.25) is 0 Å². The van der Waals surface area contributed by atoms with Gasteiger partial charge in [0.05, 0.1) is 22.1 Å². The second-order valence-electron chi connectivity index (χ2n) is 15.2. The number of para-hydroxylation sites is 3. The minimum Gasteiger partial charge on any atom is -0.310 e. The van der Waals surface area contributed by atoms with E-state index in [4.69, 9.17) is 0 Å². The van der Waals surface area contributed by atoms with Crippen LogP contribution in [0.1, 0.15) is 29.2 Å². The fraction of sp³-hybridized carbons (Fsp3) is 0.0357. The number of fused-ring (bicyclic) bond motifs is 10. The zero-order valence-corrected chi connectivity index (χ0v) is 32.3. The van der Waals surface area contributed by atoms with Crippen LogP contribution in [0.5, 0.6) is 0 Å². The van der Waals surface area contributed by atoms with Crippen molar-refractivity contribution in [2.45, 2.75) is 12.3 Å². The molecule has 2 aliphatic carbocycles. The molecule has 1 spiro atoms. The molecular formula is C56H40N2. The van der Waals surface area contributed by atoms with Gasteiger partial charge in [-0.05, 0) is 112 Å². The normalized spacial score (nSPS) is 16.6. The predicted molar refractivity (Wildman–Crippen MR) is 245 cm³/mol. The van der Waals surface area contributed by atoms with Gasteiger partial charge in [0.2, 0.25) is 0 Å². The van der Waals surface area contributed by atoms with Gasteiger partial charge in [0.15, 0.2) is 0 Å². The van der Waals surface area contributed by atoms with Crippen LogP contribution in [0.3, 0.4) is 0 Å². The second kappa shape index (κ2) is 13.4. The summed E-state index contributed by atoms with van der Waals surface area (Å²) in [5, 5.41) is 2.54. The van der Waals surface area contributed by atoms with Gasteiger partial charge in [-0.1, -0.05) is 164 Å². The summed E-state index contributed by atoms with van der Waals surface area (Å²) in [7, 11) is 0. The van der Waals surface area contributed by atoms with Crippen LogP contribution >= 0.6 is 0 Å². The number of hydrogen-bond donors (Lipinski definition) is 0. The van der Waals surface area contributed by atoms with Crippen LogP contribution in [0.4, 0.5) is 17.1 Å². The highest BCUT2D eigenvalue weighted by molar-refractivity contribution is 6.09. The van der Waals surface area contributed by atoms with Gasteiger partial charge in [-0.2, -0.15) is 0 Å². The highest BCUT2D eigenvalue weighted by Crippen LogP contribution is 2.65. The summed E-state index contributed by atoms with van der Waals surface area (Å²) in [6.07, 6.45) is 6.42. The van der Waals surface area contributed by atoms with Crippen molar-refractivity contribution in [3.05, 3.63) is 247 Å². The van der Waals surface area contributed by atoms with Crippen LogP contribution in [0.15, 0.2) is 225 Å². The predicted octanol–water partition coefficient (Wildman–Crippen LogP) is 14.8. The third-order valence-electron chi connectivity index (χ3n) is 12.4. The fourth-order valence-corrected chi connectivity index (χ4v) is 10.1. The maximum atomic E-state index is 4.12. The summed E-state index contributed by atoms with van der Waals surface area (Å²) >= 11 is 0. The van der Waals surface area contributed by atoms with Crippen LogP contribution in [0.25, 0.3) is 55.3 Å². The molecule has 0 amide bonds. The highest BCUT2D eigenvalue weighted by Gasteiger charge is 2.53. The number of aromatic nitrogens is 1. The number of rotatable bonds is 6. The van der Waals surface area contributed by atoms with Gasteiger partial charge < -0.3 is 9.47 Å². The Bertz CT molecular complexity index is 3070. The Labute approximate surface area is 339 Å². The highest BCUT2D eigenvalue weighted by atomic mass is 15.1. The van der Waals surface area contributed by atoms with Crippen LogP contribution < -0.4 is 4.90 Å². The van der Waals surface area contributed by atoms with Crippen molar-refractivity contribution in [2.75, 3.05) is 4.90 Å². The monoisotopic (exact) mass is 740 g/mol. The molecule has 1 heterocycles. The first kappa shape index (κ1) is 33.9. The molecule has 2 nitrogen and oxygen atoms in total. The van der Waals surface area contributed by atoms with E-state index in [1.807, 2.05) is 6.08 Å². The molecule has 9 aromatic rings. The summed E-state index contributed by atoms with van der Waals surface area (Å²) in [6.45, 7) is 6.30. The molecule has 1 aromatic heterocycles. The Morgan fingerprint density at radius 3 is 1.69 bits per heavy atom. The molecule has 0 aliphatic heterocycles. The molecule has 2 heteroatoms. The van der Waals surface area contributed by atoms with Gasteiger partial charge in [-0.3, -0.25) is 0 Å². The Morgan fingerprint density at radius 1 is 0.500 bits per heavy atom. The number of hydrogen-bond acceptors (Lipinski definition) is 1. The van der Waals surface area contributed by atoms with Crippen molar-refractivity contribution in [3.8, 4) is 27.9 Å². The van der Waals surface area contributed by atoms with Crippen molar-refractivity contribution in [2.24, 2.45) is 0 Å². The lowest BCUT2D eigenvalue weighted by atomic mass is 9.70. The SMILES string of the molecule is C=C/C=C1\C(=C/C)C2(c3ccccc31)c1ccccc1-c1c(N(c3ccccc3)c3ccc(-c4ccc(-n5c6ccccc6c6ccccc65)cc4)cc3)cccc12. The molecule has 11 rings (SSSR count). The minimum absolute atomic E-state index is 0.445. The maximum absolute atomic E-state index is 4.12. The van der Waals surface area contributed by atoms with E-state index in [1.54, 1.807) is 0 Å². The van der Waals surface area contributed by atoms with Crippen molar-refractivity contribution < 1.29 is 0 Å². The molecule has 8 aromatic carbocycles. The molecule has 0 N–H and O–H groups in total. The van der Waals surface area contributed by atoms with Gasteiger partial charge in [0.1, 0.15) is 0 Å². The number of benzene rings is 8. The van der Waals surface area contributed by atoms with Crippen molar-refractivity contribution in [1.82, 2.24) is 4.57 Å². The molecular weight excluding hydrogens is 701 g/mol. The smallest absolute Gasteiger partial charge is 0.0723 e. The molecule has 58 heavy (non-hydrogen) atoms. The van der Waals surface area contributed by atoms with Crippen LogP contribution in [0, 0.1) is 0 Å². The second-order valence-corrected chi connectivity index (χ2v) is 15.2. The minimum atomic E-state index is -0.445. The summed E-state index contributed by atoms with van der Waals surface area (Å²) < 4.78 is 2.37. The first-order valence-electron chi connectivity index (χ1n) is 20.1. The summed E-state index contributed by atoms with van der Waals surface area (Å²) in [4.78, 5) is 2.43. The molecule has 0 bridgehead atoms. The third-order valence-corrected chi connectivity index (χ3v) is 12.4. The lowest BCUT2D eigenvalue weighted by Crippen LogP contribution is -2.26. The Morgan fingerprint density at radius 2 is 1.03 bits per heavy atom. The summed E-state index contributed by atoms with van der Waals surface area (Å²) in [5.74, 6) is 0. The van der Waals surface area contributed by atoms with Gasteiger partial charge in [-0.25, -0.2) is 0 Å². The van der Waals surface area contributed by atoms with Crippen molar-refractivity contribution in [3.63, 3.8) is 0 Å². The van der Waals surface area contributed by atoms with Crippen LogP contribution in [-0.2, 0) is 5.41 Å². The van der Waals surface area contributed by atoms with E-state index < -0.39 is 5.41 Å². The largest absolute Gasteiger partial charge is 0.310 e.